The number of hydrogen-bond donors (Lipinski definition) is 0. The smallest absolute Gasteiger partial charge is 0.282 e. The van der Waals surface area contributed by atoms with Gasteiger partial charge in [-0.15, -0.1) is 11.3 Å². The summed E-state index contributed by atoms with van der Waals surface area (Å²) in [4.78, 5) is 28.9. The van der Waals surface area contributed by atoms with Crippen molar-refractivity contribution in [3.63, 3.8) is 0 Å². The SMILES string of the molecule is CN1CCc2nc(C(=O)N3CCN(S(=O)(=O)c4cc5cc(Cl)ccc5n4OCC[Si](C)(C)C)CC3)sc2C1. The monoisotopic (exact) mass is 595 g/mol. The highest BCUT2D eigenvalue weighted by atomic mass is 35.5. The number of rotatable bonds is 7. The second kappa shape index (κ2) is 10.5. The van der Waals surface area contributed by atoms with Crippen LogP contribution in [-0.2, 0) is 23.0 Å². The molecule has 5 rings (SSSR count). The van der Waals surface area contributed by atoms with Crippen LogP contribution in [0.4, 0.5) is 0 Å². The van der Waals surface area contributed by atoms with Gasteiger partial charge >= 0.3 is 0 Å². The number of amides is 1. The Hall–Kier alpha value is -1.96. The second-order valence-corrected chi connectivity index (χ2v) is 20.2. The molecule has 13 heteroatoms. The molecule has 0 N–H and O–H groups in total. The van der Waals surface area contributed by atoms with Gasteiger partial charge in [-0.25, -0.2) is 13.4 Å². The molecule has 4 heterocycles. The standard InChI is InChI=1S/C25H34ClN5O4S2Si/c1-28-8-7-20-22(17-28)36-24(27-20)25(32)29-9-11-30(12-10-29)37(33,34)23-16-18-15-19(26)5-6-21(18)31(23)35-13-14-38(2,3)4/h5-6,15-16H,7-14,17H2,1-4H3. The van der Waals surface area contributed by atoms with E-state index in [1.54, 1.807) is 29.2 Å². The quantitative estimate of drug-likeness (QED) is 0.388. The predicted molar refractivity (Wildman–Crippen MR) is 153 cm³/mol. The van der Waals surface area contributed by atoms with Gasteiger partial charge in [-0.05, 0) is 37.4 Å². The fraction of sp³-hybridized carbons (Fsp3) is 0.520. The van der Waals surface area contributed by atoms with E-state index in [-0.39, 0.29) is 24.0 Å². The topological polar surface area (TPSA) is 88.0 Å². The number of piperazine rings is 1. The molecule has 2 aromatic heterocycles. The Labute approximate surface area is 234 Å². The summed E-state index contributed by atoms with van der Waals surface area (Å²) in [7, 11) is -3.19. The molecule has 1 saturated heterocycles. The number of carbonyl (C=O) groups excluding carboxylic acids is 1. The molecule has 1 amide bonds. The van der Waals surface area contributed by atoms with Crippen LogP contribution in [0.15, 0.2) is 29.3 Å². The Morgan fingerprint density at radius 3 is 2.58 bits per heavy atom. The normalized spacial score (nSPS) is 17.7. The summed E-state index contributed by atoms with van der Waals surface area (Å²) in [6, 6.07) is 7.79. The van der Waals surface area contributed by atoms with Crippen LogP contribution in [0.25, 0.3) is 10.9 Å². The first kappa shape index (κ1) is 27.6. The lowest BCUT2D eigenvalue weighted by molar-refractivity contribution is 0.0694. The highest BCUT2D eigenvalue weighted by Gasteiger charge is 2.35. The molecule has 9 nitrogen and oxygen atoms in total. The highest BCUT2D eigenvalue weighted by molar-refractivity contribution is 7.89. The summed E-state index contributed by atoms with van der Waals surface area (Å²) < 4.78 is 30.5. The zero-order valence-corrected chi connectivity index (χ0v) is 25.6. The third-order valence-corrected chi connectivity index (χ3v) is 11.9. The fourth-order valence-electron chi connectivity index (χ4n) is 4.71. The Morgan fingerprint density at radius 1 is 1.13 bits per heavy atom. The van der Waals surface area contributed by atoms with Gasteiger partial charge in [0.05, 0.1) is 11.2 Å². The van der Waals surface area contributed by atoms with Crippen molar-refractivity contribution >= 4 is 57.8 Å². The van der Waals surface area contributed by atoms with Crippen molar-refractivity contribution in [3.8, 4) is 0 Å². The van der Waals surface area contributed by atoms with Gasteiger partial charge in [0.15, 0.2) is 10.0 Å². The number of carbonyl (C=O) groups is 1. The summed E-state index contributed by atoms with van der Waals surface area (Å²) in [6.07, 6.45) is 0.848. The lowest BCUT2D eigenvalue weighted by atomic mass is 10.2. The summed E-state index contributed by atoms with van der Waals surface area (Å²) >= 11 is 7.65. The minimum Gasteiger partial charge on any atom is -0.413 e. The van der Waals surface area contributed by atoms with E-state index in [1.807, 2.05) is 0 Å². The summed E-state index contributed by atoms with van der Waals surface area (Å²) in [5.74, 6) is -0.123. The van der Waals surface area contributed by atoms with Crippen LogP contribution in [-0.4, -0.2) is 92.6 Å². The minimum atomic E-state index is -3.87. The minimum absolute atomic E-state index is 0.0850. The number of likely N-dealkylation sites (N-methyl/N-ethyl adjacent to an activating group) is 1. The van der Waals surface area contributed by atoms with E-state index in [0.717, 1.165) is 36.1 Å². The van der Waals surface area contributed by atoms with Crippen molar-refractivity contribution in [2.45, 2.75) is 43.7 Å². The summed E-state index contributed by atoms with van der Waals surface area (Å²) in [5.41, 5.74) is 1.68. The lowest BCUT2D eigenvalue weighted by Gasteiger charge is -2.33. The highest BCUT2D eigenvalue weighted by Crippen LogP contribution is 2.29. The molecule has 1 fully saturated rings. The number of fused-ring (bicyclic) bond motifs is 2. The van der Waals surface area contributed by atoms with Crippen LogP contribution in [0.1, 0.15) is 20.4 Å². The maximum atomic E-state index is 13.8. The predicted octanol–water partition coefficient (Wildman–Crippen LogP) is 3.65. The molecule has 0 aliphatic carbocycles. The molecule has 0 atom stereocenters. The van der Waals surface area contributed by atoms with Gasteiger partial charge in [-0.2, -0.15) is 9.04 Å². The Kier molecular flexibility index (Phi) is 7.66. The third-order valence-electron chi connectivity index (χ3n) is 7.00. The van der Waals surface area contributed by atoms with E-state index in [2.05, 4.69) is 36.6 Å². The first-order valence-electron chi connectivity index (χ1n) is 12.8. The first-order valence-corrected chi connectivity index (χ1v) is 19.2. The Morgan fingerprint density at radius 2 is 1.87 bits per heavy atom. The summed E-state index contributed by atoms with van der Waals surface area (Å²) in [5, 5.41) is 1.82. The number of hydrogen-bond acceptors (Lipinski definition) is 7. The van der Waals surface area contributed by atoms with E-state index in [4.69, 9.17) is 16.4 Å². The average molecular weight is 596 g/mol. The van der Waals surface area contributed by atoms with Gasteiger partial charge in [0.1, 0.15) is 6.61 Å². The molecule has 0 unspecified atom stereocenters. The van der Waals surface area contributed by atoms with E-state index in [0.29, 0.717) is 40.6 Å². The molecule has 0 bridgehead atoms. The van der Waals surface area contributed by atoms with Crippen LogP contribution in [0, 0.1) is 0 Å². The van der Waals surface area contributed by atoms with Gasteiger partial charge in [0.2, 0.25) is 0 Å². The van der Waals surface area contributed by atoms with Crippen LogP contribution < -0.4 is 4.84 Å². The first-order chi connectivity index (χ1) is 17.9. The van der Waals surface area contributed by atoms with Crippen LogP contribution in [0.2, 0.25) is 30.7 Å². The summed E-state index contributed by atoms with van der Waals surface area (Å²) in [6.45, 7) is 9.97. The number of halogens is 1. The molecular weight excluding hydrogens is 562 g/mol. The number of thiazole rings is 1. The van der Waals surface area contributed by atoms with Crippen molar-refractivity contribution in [2.75, 3.05) is 46.4 Å². The molecule has 0 saturated carbocycles. The van der Waals surface area contributed by atoms with E-state index >= 15 is 0 Å². The molecule has 2 aliphatic heterocycles. The van der Waals surface area contributed by atoms with Gasteiger partial charge in [0, 0.05) is 69.0 Å². The maximum absolute atomic E-state index is 13.8. The lowest BCUT2D eigenvalue weighted by Crippen LogP contribution is -2.50. The van der Waals surface area contributed by atoms with Crippen molar-refractivity contribution < 1.29 is 18.0 Å². The Bertz CT molecular complexity index is 1460. The molecule has 0 spiro atoms. The molecule has 0 radical (unpaired) electrons. The van der Waals surface area contributed by atoms with Crippen LogP contribution >= 0.6 is 22.9 Å². The van der Waals surface area contributed by atoms with Crippen molar-refractivity contribution in [3.05, 3.63) is 44.9 Å². The molecule has 3 aromatic rings. The van der Waals surface area contributed by atoms with Crippen LogP contribution in [0.5, 0.6) is 0 Å². The number of nitrogens with zero attached hydrogens (tertiary/aromatic N) is 5. The second-order valence-electron chi connectivity index (χ2n) is 11.2. The average Bonchev–Trinajstić information content (AvgIpc) is 3.44. The van der Waals surface area contributed by atoms with E-state index < -0.39 is 18.1 Å². The van der Waals surface area contributed by atoms with Gasteiger partial charge in [-0.1, -0.05) is 31.2 Å². The van der Waals surface area contributed by atoms with Crippen molar-refractivity contribution in [2.24, 2.45) is 0 Å². The molecule has 1 aromatic carbocycles. The molecule has 38 heavy (non-hydrogen) atoms. The number of aromatic nitrogens is 2. The van der Waals surface area contributed by atoms with Crippen LogP contribution in [0.3, 0.4) is 0 Å². The van der Waals surface area contributed by atoms with Gasteiger partial charge in [0.25, 0.3) is 15.9 Å². The van der Waals surface area contributed by atoms with E-state index in [9.17, 15) is 13.2 Å². The Balaban J connectivity index is 1.33. The third kappa shape index (κ3) is 5.66. The van der Waals surface area contributed by atoms with Crippen molar-refractivity contribution in [1.82, 2.24) is 23.8 Å². The van der Waals surface area contributed by atoms with E-state index in [1.165, 1.54) is 20.4 Å². The van der Waals surface area contributed by atoms with Crippen molar-refractivity contribution in [1.29, 1.82) is 0 Å². The van der Waals surface area contributed by atoms with Gasteiger partial charge in [-0.3, -0.25) is 4.79 Å². The fourth-order valence-corrected chi connectivity index (χ4v) is 8.29. The number of benzene rings is 1. The zero-order valence-electron chi connectivity index (χ0n) is 22.2. The molecule has 2 aliphatic rings. The maximum Gasteiger partial charge on any atom is 0.282 e. The molecule has 206 valence electrons. The largest absolute Gasteiger partial charge is 0.413 e. The zero-order chi connectivity index (χ0) is 27.2. The number of sulfonamides is 1. The van der Waals surface area contributed by atoms with Gasteiger partial charge < -0.3 is 14.6 Å². The molecular formula is C25H34ClN5O4S2Si.